The fourth-order valence-corrected chi connectivity index (χ4v) is 1.05. The first-order valence-corrected chi connectivity index (χ1v) is 4.57. The summed E-state index contributed by atoms with van der Waals surface area (Å²) in [6.45, 7) is 2.11. The fourth-order valence-electron chi connectivity index (χ4n) is 0.814. The third-order valence-corrected chi connectivity index (χ3v) is 1.99. The van der Waals surface area contributed by atoms with E-state index in [1.54, 1.807) is 0 Å². The van der Waals surface area contributed by atoms with Crippen LogP contribution >= 0.6 is 11.6 Å². The number of halogens is 1. The van der Waals surface area contributed by atoms with Gasteiger partial charge in [-0.1, -0.05) is 0 Å². The molecule has 0 aliphatic carbocycles. The Morgan fingerprint density at radius 3 is 2.31 bits per heavy atom. The summed E-state index contributed by atoms with van der Waals surface area (Å²) < 4.78 is 0. The minimum Gasteiger partial charge on any atom is -0.480 e. The summed E-state index contributed by atoms with van der Waals surface area (Å²) in [5.74, 6) is -0.960. The second-order valence-electron chi connectivity index (χ2n) is 3.37. The van der Waals surface area contributed by atoms with Crippen molar-refractivity contribution < 1.29 is 9.90 Å². The zero-order chi connectivity index (χ0) is 10.4. The van der Waals surface area contributed by atoms with Crippen LogP contribution in [0.25, 0.3) is 0 Å². The van der Waals surface area contributed by atoms with Gasteiger partial charge in [0.2, 0.25) is 0 Å². The summed E-state index contributed by atoms with van der Waals surface area (Å²) in [5, 5.41) is 7.73. The molecule has 0 amide bonds. The molecule has 0 aromatic rings. The SMILES string of the molecule is CN(C)CCN(C)CC(Cl)C(=O)O. The molecule has 0 saturated heterocycles. The van der Waals surface area contributed by atoms with E-state index in [0.29, 0.717) is 6.54 Å². The van der Waals surface area contributed by atoms with Gasteiger partial charge in [0.1, 0.15) is 5.38 Å². The van der Waals surface area contributed by atoms with Gasteiger partial charge in [0.15, 0.2) is 0 Å². The highest BCUT2D eigenvalue weighted by molar-refractivity contribution is 6.29. The number of carboxylic acids is 1. The predicted octanol–water partition coefficient (Wildman–Crippen LogP) is 0.172. The van der Waals surface area contributed by atoms with E-state index in [1.807, 2.05) is 30.9 Å². The number of carboxylic acid groups (broad SMARTS) is 1. The van der Waals surface area contributed by atoms with Crippen LogP contribution in [0.2, 0.25) is 0 Å². The molecule has 0 heterocycles. The maximum Gasteiger partial charge on any atom is 0.322 e. The molecule has 5 heteroatoms. The van der Waals surface area contributed by atoms with Gasteiger partial charge in [-0.15, -0.1) is 11.6 Å². The minimum absolute atomic E-state index is 0.380. The number of rotatable bonds is 6. The number of carbonyl (C=O) groups is 1. The lowest BCUT2D eigenvalue weighted by Crippen LogP contribution is -2.35. The Morgan fingerprint density at radius 1 is 1.38 bits per heavy atom. The third-order valence-electron chi connectivity index (χ3n) is 1.67. The molecule has 0 aliphatic heterocycles. The summed E-state index contributed by atoms with van der Waals surface area (Å²) >= 11 is 5.57. The van der Waals surface area contributed by atoms with E-state index in [0.717, 1.165) is 13.1 Å². The molecule has 0 saturated carbocycles. The van der Waals surface area contributed by atoms with Gasteiger partial charge in [-0.25, -0.2) is 0 Å². The summed E-state index contributed by atoms with van der Waals surface area (Å²) in [6, 6.07) is 0. The minimum atomic E-state index is -0.960. The molecule has 1 atom stereocenters. The Labute approximate surface area is 84.1 Å². The number of likely N-dealkylation sites (N-methyl/N-ethyl adjacent to an activating group) is 2. The topological polar surface area (TPSA) is 43.8 Å². The molecule has 0 aromatic carbocycles. The number of alkyl halides is 1. The summed E-state index contributed by atoms with van der Waals surface area (Å²) in [6.07, 6.45) is 0. The summed E-state index contributed by atoms with van der Waals surface area (Å²) in [7, 11) is 5.81. The van der Waals surface area contributed by atoms with Crippen molar-refractivity contribution >= 4 is 17.6 Å². The molecule has 4 nitrogen and oxygen atoms in total. The van der Waals surface area contributed by atoms with Gasteiger partial charge in [-0.2, -0.15) is 0 Å². The van der Waals surface area contributed by atoms with Crippen molar-refractivity contribution in [2.45, 2.75) is 5.38 Å². The molecule has 0 aromatic heterocycles. The number of nitrogens with zero attached hydrogens (tertiary/aromatic N) is 2. The van der Waals surface area contributed by atoms with Crippen LogP contribution < -0.4 is 0 Å². The van der Waals surface area contributed by atoms with Crippen LogP contribution in [0.5, 0.6) is 0 Å². The molecular formula is C8H17ClN2O2. The van der Waals surface area contributed by atoms with Gasteiger partial charge >= 0.3 is 5.97 Å². The molecule has 13 heavy (non-hydrogen) atoms. The molecule has 0 bridgehead atoms. The van der Waals surface area contributed by atoms with Crippen LogP contribution in [-0.4, -0.2) is 67.0 Å². The molecular weight excluding hydrogens is 192 g/mol. The number of hydrogen-bond donors (Lipinski definition) is 1. The van der Waals surface area contributed by atoms with Gasteiger partial charge < -0.3 is 14.9 Å². The Morgan fingerprint density at radius 2 is 1.92 bits per heavy atom. The van der Waals surface area contributed by atoms with Crippen LogP contribution in [-0.2, 0) is 4.79 Å². The quantitative estimate of drug-likeness (QED) is 0.633. The molecule has 78 valence electrons. The van der Waals surface area contributed by atoms with Crippen LogP contribution in [0.15, 0.2) is 0 Å². The Hall–Kier alpha value is -0.320. The first-order valence-electron chi connectivity index (χ1n) is 4.13. The van der Waals surface area contributed by atoms with E-state index in [-0.39, 0.29) is 0 Å². The largest absolute Gasteiger partial charge is 0.480 e. The monoisotopic (exact) mass is 208 g/mol. The average Bonchev–Trinajstić information content (AvgIpc) is 2.00. The van der Waals surface area contributed by atoms with E-state index >= 15 is 0 Å². The Kier molecular flexibility index (Phi) is 6.03. The lowest BCUT2D eigenvalue weighted by Gasteiger charge is -2.20. The predicted molar refractivity (Wildman–Crippen MR) is 53.3 cm³/mol. The highest BCUT2D eigenvalue weighted by atomic mass is 35.5. The van der Waals surface area contributed by atoms with Crippen molar-refractivity contribution in [3.63, 3.8) is 0 Å². The highest BCUT2D eigenvalue weighted by Gasteiger charge is 2.15. The molecule has 1 N–H and O–H groups in total. The maximum absolute atomic E-state index is 10.4. The summed E-state index contributed by atoms with van der Waals surface area (Å²) in [5.41, 5.74) is 0. The molecule has 0 fully saturated rings. The van der Waals surface area contributed by atoms with Crippen molar-refractivity contribution in [2.24, 2.45) is 0 Å². The summed E-state index contributed by atoms with van der Waals surface area (Å²) in [4.78, 5) is 14.4. The Bertz CT molecular complexity index is 164. The van der Waals surface area contributed by atoms with Gasteiger partial charge in [-0.05, 0) is 21.1 Å². The van der Waals surface area contributed by atoms with Gasteiger partial charge in [0, 0.05) is 19.6 Å². The fraction of sp³-hybridized carbons (Fsp3) is 0.875. The smallest absolute Gasteiger partial charge is 0.322 e. The second-order valence-corrected chi connectivity index (χ2v) is 3.90. The normalized spacial score (nSPS) is 13.7. The van der Waals surface area contributed by atoms with Crippen LogP contribution in [0.3, 0.4) is 0 Å². The molecule has 0 spiro atoms. The van der Waals surface area contributed by atoms with Crippen molar-refractivity contribution in [1.29, 1.82) is 0 Å². The van der Waals surface area contributed by atoms with E-state index in [9.17, 15) is 4.79 Å². The highest BCUT2D eigenvalue weighted by Crippen LogP contribution is 1.98. The van der Waals surface area contributed by atoms with Crippen LogP contribution in [0.1, 0.15) is 0 Å². The van der Waals surface area contributed by atoms with Crippen molar-refractivity contribution in [1.82, 2.24) is 9.80 Å². The standard InChI is InChI=1S/C8H17ClN2O2/c1-10(2)4-5-11(3)6-7(9)8(12)13/h7H,4-6H2,1-3H3,(H,12,13). The van der Waals surface area contributed by atoms with Gasteiger partial charge in [-0.3, -0.25) is 4.79 Å². The first-order chi connectivity index (χ1) is 5.93. The molecule has 0 rings (SSSR count). The van der Waals surface area contributed by atoms with Crippen molar-refractivity contribution in [2.75, 3.05) is 40.8 Å². The van der Waals surface area contributed by atoms with E-state index < -0.39 is 11.3 Å². The van der Waals surface area contributed by atoms with Crippen molar-refractivity contribution in [3.05, 3.63) is 0 Å². The first kappa shape index (κ1) is 12.7. The molecule has 1 unspecified atom stereocenters. The third kappa shape index (κ3) is 6.81. The van der Waals surface area contributed by atoms with E-state index in [4.69, 9.17) is 16.7 Å². The lowest BCUT2D eigenvalue weighted by molar-refractivity contribution is -0.136. The molecule has 0 radical (unpaired) electrons. The number of aliphatic carboxylic acids is 1. The zero-order valence-corrected chi connectivity index (χ0v) is 9.08. The molecule has 0 aliphatic rings. The van der Waals surface area contributed by atoms with Gasteiger partial charge in [0.25, 0.3) is 0 Å². The number of hydrogen-bond acceptors (Lipinski definition) is 3. The Balaban J connectivity index is 3.61. The van der Waals surface area contributed by atoms with E-state index in [1.165, 1.54) is 0 Å². The zero-order valence-electron chi connectivity index (χ0n) is 8.33. The maximum atomic E-state index is 10.4. The van der Waals surface area contributed by atoms with E-state index in [2.05, 4.69) is 0 Å². The lowest BCUT2D eigenvalue weighted by atomic mass is 10.4. The van der Waals surface area contributed by atoms with Crippen LogP contribution in [0, 0.1) is 0 Å². The second kappa shape index (κ2) is 6.18. The van der Waals surface area contributed by atoms with Crippen LogP contribution in [0.4, 0.5) is 0 Å². The van der Waals surface area contributed by atoms with Gasteiger partial charge in [0.05, 0.1) is 0 Å². The van der Waals surface area contributed by atoms with Crippen molar-refractivity contribution in [3.8, 4) is 0 Å². The average molecular weight is 209 g/mol.